The molecule has 2 rings (SSSR count). The minimum atomic E-state index is -0.599. The summed E-state index contributed by atoms with van der Waals surface area (Å²) in [7, 11) is 0. The maximum Gasteiger partial charge on any atom is 0.261 e. The Hall–Kier alpha value is -2.20. The first-order valence-corrected chi connectivity index (χ1v) is 9.10. The van der Waals surface area contributed by atoms with Crippen molar-refractivity contribution in [3.63, 3.8) is 0 Å². The lowest BCUT2D eigenvalue weighted by Gasteiger charge is -2.16. The van der Waals surface area contributed by atoms with Crippen LogP contribution in [0.25, 0.3) is 0 Å². The Morgan fingerprint density at radius 3 is 2.12 bits per heavy atom. The molecule has 0 saturated heterocycles. The fourth-order valence-electron chi connectivity index (χ4n) is 2.52. The van der Waals surface area contributed by atoms with E-state index in [1.54, 1.807) is 6.92 Å². The summed E-state index contributed by atoms with van der Waals surface area (Å²) in [4.78, 5) is 12.3. The summed E-state index contributed by atoms with van der Waals surface area (Å²) < 4.78 is 11.4. The molecule has 0 bridgehead atoms. The van der Waals surface area contributed by atoms with Crippen LogP contribution in [0.3, 0.4) is 0 Å². The number of carbonyl (C=O) groups is 1. The standard InChI is InChI=1S/C21H26ClNO3/c1-13(2)25-18-8-6-17(7-9-18)12-23-21(24)16(5)26-19-10-14(3)20(22)15(4)11-19/h6-11,13,16H,12H2,1-5H3,(H,23,24). The Morgan fingerprint density at radius 2 is 1.58 bits per heavy atom. The third-order valence-electron chi connectivity index (χ3n) is 3.85. The maximum atomic E-state index is 12.3. The summed E-state index contributed by atoms with van der Waals surface area (Å²) in [5.74, 6) is 1.29. The van der Waals surface area contributed by atoms with Crippen molar-refractivity contribution in [2.24, 2.45) is 0 Å². The van der Waals surface area contributed by atoms with E-state index in [0.717, 1.165) is 27.5 Å². The number of nitrogens with one attached hydrogen (secondary N) is 1. The van der Waals surface area contributed by atoms with Crippen molar-refractivity contribution in [1.29, 1.82) is 0 Å². The second-order valence-electron chi connectivity index (χ2n) is 6.66. The van der Waals surface area contributed by atoms with Gasteiger partial charge in [-0.1, -0.05) is 23.7 Å². The van der Waals surface area contributed by atoms with Crippen LogP contribution in [0.4, 0.5) is 0 Å². The first-order chi connectivity index (χ1) is 12.3. The molecule has 0 aromatic heterocycles. The van der Waals surface area contributed by atoms with Gasteiger partial charge in [-0.05, 0) is 75.6 Å². The van der Waals surface area contributed by atoms with Crippen LogP contribution < -0.4 is 14.8 Å². The molecule has 0 heterocycles. The van der Waals surface area contributed by atoms with Crippen LogP contribution >= 0.6 is 11.6 Å². The number of hydrogen-bond acceptors (Lipinski definition) is 3. The molecule has 0 aliphatic heterocycles. The van der Waals surface area contributed by atoms with Crippen molar-refractivity contribution < 1.29 is 14.3 Å². The highest BCUT2D eigenvalue weighted by atomic mass is 35.5. The molecule has 0 aliphatic carbocycles. The van der Waals surface area contributed by atoms with E-state index in [9.17, 15) is 4.79 Å². The zero-order valence-corrected chi connectivity index (χ0v) is 16.7. The van der Waals surface area contributed by atoms with Crippen LogP contribution in [0.15, 0.2) is 36.4 Å². The van der Waals surface area contributed by atoms with Crippen LogP contribution in [0.2, 0.25) is 5.02 Å². The van der Waals surface area contributed by atoms with Gasteiger partial charge in [0.2, 0.25) is 0 Å². The van der Waals surface area contributed by atoms with Gasteiger partial charge < -0.3 is 14.8 Å². The van der Waals surface area contributed by atoms with E-state index in [0.29, 0.717) is 12.3 Å². The van der Waals surface area contributed by atoms with Gasteiger partial charge in [-0.15, -0.1) is 0 Å². The van der Waals surface area contributed by atoms with Crippen molar-refractivity contribution in [1.82, 2.24) is 5.32 Å². The highest BCUT2D eigenvalue weighted by Gasteiger charge is 2.15. The van der Waals surface area contributed by atoms with Gasteiger partial charge in [0.05, 0.1) is 6.10 Å². The lowest BCUT2D eigenvalue weighted by Crippen LogP contribution is -2.35. The van der Waals surface area contributed by atoms with Crippen LogP contribution in [-0.4, -0.2) is 18.1 Å². The van der Waals surface area contributed by atoms with E-state index in [1.807, 2.05) is 64.1 Å². The van der Waals surface area contributed by atoms with E-state index >= 15 is 0 Å². The highest BCUT2D eigenvalue weighted by molar-refractivity contribution is 6.32. The lowest BCUT2D eigenvalue weighted by molar-refractivity contribution is -0.127. The first-order valence-electron chi connectivity index (χ1n) is 8.73. The molecular weight excluding hydrogens is 350 g/mol. The van der Waals surface area contributed by atoms with Crippen molar-refractivity contribution in [3.05, 3.63) is 58.1 Å². The number of carbonyl (C=O) groups excluding carboxylic acids is 1. The van der Waals surface area contributed by atoms with E-state index < -0.39 is 6.10 Å². The van der Waals surface area contributed by atoms with Crippen molar-refractivity contribution >= 4 is 17.5 Å². The van der Waals surface area contributed by atoms with Gasteiger partial charge in [0, 0.05) is 11.6 Å². The molecule has 1 amide bonds. The van der Waals surface area contributed by atoms with E-state index in [2.05, 4.69) is 5.32 Å². The minimum absolute atomic E-state index is 0.138. The average molecular weight is 376 g/mol. The molecule has 4 nitrogen and oxygen atoms in total. The largest absolute Gasteiger partial charge is 0.491 e. The first kappa shape index (κ1) is 20.1. The number of aryl methyl sites for hydroxylation is 2. The second-order valence-corrected chi connectivity index (χ2v) is 7.04. The Labute approximate surface area is 160 Å². The third kappa shape index (κ3) is 5.67. The normalized spacial score (nSPS) is 12.0. The van der Waals surface area contributed by atoms with Gasteiger partial charge >= 0.3 is 0 Å². The lowest BCUT2D eigenvalue weighted by atomic mass is 10.1. The summed E-state index contributed by atoms with van der Waals surface area (Å²) in [5, 5.41) is 3.61. The average Bonchev–Trinajstić information content (AvgIpc) is 2.58. The molecule has 0 radical (unpaired) electrons. The zero-order valence-electron chi connectivity index (χ0n) is 15.9. The summed E-state index contributed by atoms with van der Waals surface area (Å²) in [6.45, 7) is 9.97. The number of rotatable bonds is 7. The molecule has 0 saturated carbocycles. The number of benzene rings is 2. The second kappa shape index (κ2) is 8.95. The van der Waals surface area contributed by atoms with Crippen LogP contribution in [0, 0.1) is 13.8 Å². The van der Waals surface area contributed by atoms with Gasteiger partial charge in [0.15, 0.2) is 6.10 Å². The maximum absolute atomic E-state index is 12.3. The van der Waals surface area contributed by atoms with Crippen LogP contribution in [0.1, 0.15) is 37.5 Å². The summed E-state index contributed by atoms with van der Waals surface area (Å²) >= 11 is 6.16. The molecule has 26 heavy (non-hydrogen) atoms. The Balaban J connectivity index is 1.89. The Kier molecular flexibility index (Phi) is 6.92. The number of amides is 1. The number of ether oxygens (including phenoxy) is 2. The topological polar surface area (TPSA) is 47.6 Å². The van der Waals surface area contributed by atoms with E-state index in [-0.39, 0.29) is 12.0 Å². The van der Waals surface area contributed by atoms with Gasteiger partial charge in [-0.2, -0.15) is 0 Å². The van der Waals surface area contributed by atoms with Gasteiger partial charge in [0.1, 0.15) is 11.5 Å². The molecular formula is C21H26ClNO3. The molecule has 1 atom stereocenters. The summed E-state index contributed by atoms with van der Waals surface area (Å²) in [5.41, 5.74) is 2.86. The third-order valence-corrected chi connectivity index (χ3v) is 4.45. The molecule has 0 spiro atoms. The molecule has 5 heteroatoms. The SMILES string of the molecule is Cc1cc(OC(C)C(=O)NCc2ccc(OC(C)C)cc2)cc(C)c1Cl. The number of halogens is 1. The van der Waals surface area contributed by atoms with Crippen molar-refractivity contribution in [3.8, 4) is 11.5 Å². The summed E-state index contributed by atoms with van der Waals surface area (Å²) in [6.07, 6.45) is -0.461. The minimum Gasteiger partial charge on any atom is -0.491 e. The van der Waals surface area contributed by atoms with Gasteiger partial charge in [-0.25, -0.2) is 0 Å². The van der Waals surface area contributed by atoms with Crippen LogP contribution in [-0.2, 0) is 11.3 Å². The molecule has 2 aromatic rings. The highest BCUT2D eigenvalue weighted by Crippen LogP contribution is 2.26. The predicted molar refractivity (Wildman–Crippen MR) is 105 cm³/mol. The van der Waals surface area contributed by atoms with E-state index in [4.69, 9.17) is 21.1 Å². The van der Waals surface area contributed by atoms with Crippen molar-refractivity contribution in [2.45, 2.75) is 53.4 Å². The fourth-order valence-corrected chi connectivity index (χ4v) is 2.63. The fraction of sp³-hybridized carbons (Fsp3) is 0.381. The Morgan fingerprint density at radius 1 is 1.00 bits per heavy atom. The smallest absolute Gasteiger partial charge is 0.261 e. The van der Waals surface area contributed by atoms with E-state index in [1.165, 1.54) is 0 Å². The molecule has 2 aromatic carbocycles. The van der Waals surface area contributed by atoms with Crippen molar-refractivity contribution in [2.75, 3.05) is 0 Å². The quantitative estimate of drug-likeness (QED) is 0.754. The molecule has 1 N–H and O–H groups in total. The van der Waals surface area contributed by atoms with Gasteiger partial charge in [0.25, 0.3) is 5.91 Å². The summed E-state index contributed by atoms with van der Waals surface area (Å²) in [6, 6.07) is 11.4. The molecule has 0 fully saturated rings. The van der Waals surface area contributed by atoms with Crippen LogP contribution in [0.5, 0.6) is 11.5 Å². The zero-order chi connectivity index (χ0) is 19.3. The molecule has 0 aliphatic rings. The monoisotopic (exact) mass is 375 g/mol. The predicted octanol–water partition coefficient (Wildman–Crippen LogP) is 4.83. The number of hydrogen-bond donors (Lipinski definition) is 1. The molecule has 140 valence electrons. The Bertz CT molecular complexity index is 733. The van der Waals surface area contributed by atoms with Gasteiger partial charge in [-0.3, -0.25) is 4.79 Å². The molecule has 1 unspecified atom stereocenters.